The van der Waals surface area contributed by atoms with Crippen molar-refractivity contribution in [2.75, 3.05) is 11.4 Å². The van der Waals surface area contributed by atoms with E-state index in [0.29, 0.717) is 5.82 Å². The maximum absolute atomic E-state index is 11.6. The van der Waals surface area contributed by atoms with Gasteiger partial charge in [0.15, 0.2) is 5.82 Å². The maximum atomic E-state index is 11.6. The Balaban J connectivity index is 2.16. The van der Waals surface area contributed by atoms with Gasteiger partial charge in [-0.15, -0.1) is 0 Å². The van der Waals surface area contributed by atoms with Crippen LogP contribution in [0.5, 0.6) is 0 Å². The third-order valence-electron chi connectivity index (χ3n) is 2.75. The molecule has 1 aromatic rings. The minimum atomic E-state index is -0.929. The number of aromatic nitrogens is 2. The number of H-pyrrole nitrogens is 1. The zero-order valence-electron chi connectivity index (χ0n) is 8.93. The minimum absolute atomic E-state index is 0.0592. The van der Waals surface area contributed by atoms with Gasteiger partial charge in [-0.05, 0) is 6.42 Å². The maximum Gasteiger partial charge on any atom is 0.308 e. The van der Waals surface area contributed by atoms with Crippen molar-refractivity contribution >= 4 is 17.7 Å². The molecule has 86 valence electrons. The van der Waals surface area contributed by atoms with Gasteiger partial charge in [0.1, 0.15) is 0 Å². The van der Waals surface area contributed by atoms with Crippen LogP contribution in [0.25, 0.3) is 0 Å². The standard InChI is InChI=1S/C10H13N3O3/c1-2-7-4-8(12-11-7)13-5-6(10(15)16)3-9(13)14/h4,6H,2-3,5H2,1H3,(H,11,12)(H,15,16). The number of nitrogens with one attached hydrogen (secondary N) is 1. The summed E-state index contributed by atoms with van der Waals surface area (Å²) in [5, 5.41) is 15.6. The first-order valence-corrected chi connectivity index (χ1v) is 5.19. The Hall–Kier alpha value is -1.85. The van der Waals surface area contributed by atoms with E-state index in [0.717, 1.165) is 12.1 Å². The highest BCUT2D eigenvalue weighted by molar-refractivity contribution is 5.98. The molecule has 0 bridgehead atoms. The van der Waals surface area contributed by atoms with Crippen LogP contribution in [0.3, 0.4) is 0 Å². The molecule has 2 heterocycles. The number of hydrogen-bond acceptors (Lipinski definition) is 3. The summed E-state index contributed by atoms with van der Waals surface area (Å²) in [7, 11) is 0. The van der Waals surface area contributed by atoms with Gasteiger partial charge >= 0.3 is 5.97 Å². The lowest BCUT2D eigenvalue weighted by molar-refractivity contribution is -0.141. The molecular formula is C10H13N3O3. The molecule has 1 aliphatic heterocycles. The molecule has 2 rings (SSSR count). The number of rotatable bonds is 3. The van der Waals surface area contributed by atoms with Crippen LogP contribution >= 0.6 is 0 Å². The first-order chi connectivity index (χ1) is 7.61. The molecule has 1 fully saturated rings. The molecule has 6 nitrogen and oxygen atoms in total. The zero-order chi connectivity index (χ0) is 11.7. The van der Waals surface area contributed by atoms with Gasteiger partial charge in [0.2, 0.25) is 5.91 Å². The van der Waals surface area contributed by atoms with Crippen molar-refractivity contribution in [1.82, 2.24) is 10.2 Å². The predicted octanol–water partition coefficient (Wildman–Crippen LogP) is 0.410. The van der Waals surface area contributed by atoms with Gasteiger partial charge in [0.25, 0.3) is 0 Å². The monoisotopic (exact) mass is 223 g/mol. The number of aromatic amines is 1. The van der Waals surface area contributed by atoms with Gasteiger partial charge < -0.3 is 5.11 Å². The van der Waals surface area contributed by atoms with Crippen LogP contribution in [0.15, 0.2) is 6.07 Å². The van der Waals surface area contributed by atoms with Gasteiger partial charge in [-0.25, -0.2) is 0 Å². The molecule has 1 aliphatic rings. The molecule has 1 atom stereocenters. The van der Waals surface area contributed by atoms with Crippen molar-refractivity contribution < 1.29 is 14.7 Å². The Labute approximate surface area is 92.3 Å². The lowest BCUT2D eigenvalue weighted by atomic mass is 10.1. The van der Waals surface area contributed by atoms with Crippen molar-refractivity contribution in [3.05, 3.63) is 11.8 Å². The van der Waals surface area contributed by atoms with E-state index in [1.807, 2.05) is 6.92 Å². The second-order valence-electron chi connectivity index (χ2n) is 3.85. The number of nitrogens with zero attached hydrogens (tertiary/aromatic N) is 2. The second kappa shape index (κ2) is 3.96. The molecule has 2 N–H and O–H groups in total. The van der Waals surface area contributed by atoms with E-state index in [1.54, 1.807) is 6.07 Å². The first kappa shape index (κ1) is 10.7. The van der Waals surface area contributed by atoms with E-state index < -0.39 is 11.9 Å². The molecule has 1 aromatic heterocycles. The third-order valence-corrected chi connectivity index (χ3v) is 2.75. The van der Waals surface area contributed by atoms with Gasteiger partial charge in [0, 0.05) is 24.7 Å². The van der Waals surface area contributed by atoms with Crippen molar-refractivity contribution in [2.45, 2.75) is 19.8 Å². The molecule has 0 aliphatic carbocycles. The van der Waals surface area contributed by atoms with E-state index in [9.17, 15) is 9.59 Å². The van der Waals surface area contributed by atoms with Crippen LogP contribution in [0.1, 0.15) is 19.0 Å². The Morgan fingerprint density at radius 2 is 2.50 bits per heavy atom. The van der Waals surface area contributed by atoms with Gasteiger partial charge in [-0.1, -0.05) is 6.92 Å². The molecule has 6 heteroatoms. The van der Waals surface area contributed by atoms with Crippen molar-refractivity contribution in [2.24, 2.45) is 5.92 Å². The van der Waals surface area contributed by atoms with E-state index in [4.69, 9.17) is 5.11 Å². The average molecular weight is 223 g/mol. The largest absolute Gasteiger partial charge is 0.481 e. The molecule has 16 heavy (non-hydrogen) atoms. The van der Waals surface area contributed by atoms with Crippen LogP contribution in [-0.4, -0.2) is 33.7 Å². The van der Waals surface area contributed by atoms with Gasteiger partial charge in [-0.2, -0.15) is 5.10 Å². The van der Waals surface area contributed by atoms with E-state index in [2.05, 4.69) is 10.2 Å². The number of carbonyl (C=O) groups excluding carboxylic acids is 1. The number of aryl methyl sites for hydroxylation is 1. The summed E-state index contributed by atoms with van der Waals surface area (Å²) < 4.78 is 0. The quantitative estimate of drug-likeness (QED) is 0.777. The van der Waals surface area contributed by atoms with Crippen molar-refractivity contribution in [1.29, 1.82) is 0 Å². The van der Waals surface area contributed by atoms with E-state index >= 15 is 0 Å². The third kappa shape index (κ3) is 1.78. The molecule has 1 saturated heterocycles. The number of hydrogen-bond donors (Lipinski definition) is 2. The number of aliphatic carboxylic acids is 1. The summed E-state index contributed by atoms with van der Waals surface area (Å²) in [4.78, 5) is 23.8. The Morgan fingerprint density at radius 1 is 1.75 bits per heavy atom. The van der Waals surface area contributed by atoms with Crippen molar-refractivity contribution in [3.63, 3.8) is 0 Å². The molecule has 0 saturated carbocycles. The number of carboxylic acid groups (broad SMARTS) is 1. The average Bonchev–Trinajstić information content (AvgIpc) is 2.83. The number of carbonyl (C=O) groups is 2. The van der Waals surface area contributed by atoms with Crippen LogP contribution < -0.4 is 4.90 Å². The topological polar surface area (TPSA) is 86.3 Å². The van der Waals surface area contributed by atoms with Crippen LogP contribution in [0, 0.1) is 5.92 Å². The van der Waals surface area contributed by atoms with Crippen LogP contribution in [0.4, 0.5) is 5.82 Å². The summed E-state index contributed by atoms with van der Waals surface area (Å²) in [6.07, 6.45) is 0.862. The SMILES string of the molecule is CCc1cc(N2CC(C(=O)O)CC2=O)n[nH]1. The lowest BCUT2D eigenvalue weighted by Gasteiger charge is -2.11. The molecular weight excluding hydrogens is 210 g/mol. The number of anilines is 1. The molecule has 0 aromatic carbocycles. The highest BCUT2D eigenvalue weighted by Gasteiger charge is 2.35. The summed E-state index contributed by atoms with van der Waals surface area (Å²) in [5.74, 6) is -1.21. The molecule has 0 spiro atoms. The Bertz CT molecular complexity index is 427. The summed E-state index contributed by atoms with van der Waals surface area (Å²) in [5.41, 5.74) is 0.932. The smallest absolute Gasteiger partial charge is 0.308 e. The van der Waals surface area contributed by atoms with E-state index in [-0.39, 0.29) is 18.9 Å². The van der Waals surface area contributed by atoms with Gasteiger partial charge in [0.05, 0.1) is 5.92 Å². The predicted molar refractivity (Wildman–Crippen MR) is 56.1 cm³/mol. The fourth-order valence-electron chi connectivity index (χ4n) is 1.76. The summed E-state index contributed by atoms with van der Waals surface area (Å²) in [6, 6.07) is 1.78. The molecule has 1 amide bonds. The zero-order valence-corrected chi connectivity index (χ0v) is 8.93. The van der Waals surface area contributed by atoms with Gasteiger partial charge in [-0.3, -0.25) is 19.6 Å². The fourth-order valence-corrected chi connectivity index (χ4v) is 1.76. The first-order valence-electron chi connectivity index (χ1n) is 5.19. The number of amides is 1. The Kier molecular flexibility index (Phi) is 2.64. The Morgan fingerprint density at radius 3 is 3.00 bits per heavy atom. The lowest BCUT2D eigenvalue weighted by Crippen LogP contribution is -2.26. The normalized spacial score (nSPS) is 20.4. The fraction of sp³-hybridized carbons (Fsp3) is 0.500. The van der Waals surface area contributed by atoms with Crippen molar-refractivity contribution in [3.8, 4) is 0 Å². The summed E-state index contributed by atoms with van der Waals surface area (Å²) >= 11 is 0. The molecule has 0 radical (unpaired) electrons. The second-order valence-corrected chi connectivity index (χ2v) is 3.85. The molecule has 1 unspecified atom stereocenters. The summed E-state index contributed by atoms with van der Waals surface area (Å²) in [6.45, 7) is 2.19. The van der Waals surface area contributed by atoms with E-state index in [1.165, 1.54) is 4.90 Å². The number of carboxylic acids is 1. The highest BCUT2D eigenvalue weighted by Crippen LogP contribution is 2.24. The van der Waals surface area contributed by atoms with Crippen LogP contribution in [0.2, 0.25) is 0 Å². The highest BCUT2D eigenvalue weighted by atomic mass is 16.4. The van der Waals surface area contributed by atoms with Crippen LogP contribution in [-0.2, 0) is 16.0 Å². The minimum Gasteiger partial charge on any atom is -0.481 e.